The van der Waals surface area contributed by atoms with Crippen molar-refractivity contribution in [2.24, 2.45) is 11.7 Å². The number of aliphatic carboxylic acids is 1. The summed E-state index contributed by atoms with van der Waals surface area (Å²) in [5.41, 5.74) is 5.37. The normalized spacial score (nSPS) is 16.8. The molecule has 0 aromatic heterocycles. The largest absolute Gasteiger partial charge is 0.481 e. The van der Waals surface area contributed by atoms with Gasteiger partial charge < -0.3 is 10.8 Å². The van der Waals surface area contributed by atoms with Crippen molar-refractivity contribution in [2.75, 3.05) is 0 Å². The first-order valence-electron chi connectivity index (χ1n) is 3.08. The van der Waals surface area contributed by atoms with Crippen molar-refractivity contribution in [1.82, 2.24) is 0 Å². The maximum atomic E-state index is 10.3. The van der Waals surface area contributed by atoms with Gasteiger partial charge in [0.1, 0.15) is 0 Å². The molecule has 0 aromatic carbocycles. The summed E-state index contributed by atoms with van der Waals surface area (Å²) < 4.78 is 0. The van der Waals surface area contributed by atoms with E-state index in [1.54, 1.807) is 6.92 Å². The minimum atomic E-state index is -0.799. The van der Waals surface area contributed by atoms with Crippen LogP contribution >= 0.6 is 0 Å². The first-order valence-corrected chi connectivity index (χ1v) is 3.08. The number of hydrogen-bond acceptors (Lipinski definition) is 2. The maximum Gasteiger partial charge on any atom is 0.308 e. The molecule has 3 nitrogen and oxygen atoms in total. The summed E-state index contributed by atoms with van der Waals surface area (Å²) in [6, 6.07) is -0.243. The summed E-state index contributed by atoms with van der Waals surface area (Å²) in [6.07, 6.45) is 0.604. The first kappa shape index (κ1) is 8.43. The monoisotopic (exact) mass is 131 g/mol. The Balaban J connectivity index is 3.83. The van der Waals surface area contributed by atoms with Crippen molar-refractivity contribution in [3.63, 3.8) is 0 Å². The highest BCUT2D eigenvalue weighted by Gasteiger charge is 2.18. The number of rotatable bonds is 3. The molecule has 0 saturated carbocycles. The number of carboxylic acids is 1. The third-order valence-electron chi connectivity index (χ3n) is 1.39. The zero-order valence-electron chi connectivity index (χ0n) is 5.79. The Morgan fingerprint density at radius 2 is 2.22 bits per heavy atom. The van der Waals surface area contributed by atoms with Crippen LogP contribution in [0.5, 0.6) is 0 Å². The summed E-state index contributed by atoms with van der Waals surface area (Å²) in [6.45, 7) is 3.53. The molecule has 0 radical (unpaired) electrons. The van der Waals surface area contributed by atoms with Crippen LogP contribution in [0, 0.1) is 5.92 Å². The number of carbonyl (C=O) groups is 1. The molecule has 9 heavy (non-hydrogen) atoms. The summed E-state index contributed by atoms with van der Waals surface area (Å²) in [7, 11) is 0. The second-order valence-corrected chi connectivity index (χ2v) is 2.21. The molecule has 0 aliphatic heterocycles. The molecule has 0 fully saturated rings. The van der Waals surface area contributed by atoms with E-state index in [1.807, 2.05) is 6.92 Å². The number of carboxylic acid groups (broad SMARTS) is 1. The highest BCUT2D eigenvalue weighted by Crippen LogP contribution is 2.05. The van der Waals surface area contributed by atoms with E-state index in [0.29, 0.717) is 6.42 Å². The molecule has 3 N–H and O–H groups in total. The lowest BCUT2D eigenvalue weighted by Gasteiger charge is -2.12. The van der Waals surface area contributed by atoms with E-state index in [1.165, 1.54) is 0 Å². The second-order valence-electron chi connectivity index (χ2n) is 2.21. The van der Waals surface area contributed by atoms with E-state index in [4.69, 9.17) is 10.8 Å². The van der Waals surface area contributed by atoms with E-state index >= 15 is 0 Å². The second kappa shape index (κ2) is 3.45. The van der Waals surface area contributed by atoms with Crippen LogP contribution in [0.25, 0.3) is 0 Å². The van der Waals surface area contributed by atoms with Gasteiger partial charge >= 0.3 is 5.97 Å². The Kier molecular flexibility index (Phi) is 3.24. The van der Waals surface area contributed by atoms with E-state index in [9.17, 15) is 4.79 Å². The average molecular weight is 131 g/mol. The standard InChI is InChI=1S/C6H13NO2/c1-3-5(4(2)7)6(8)9/h4-5H,3,7H2,1-2H3,(H,8,9)/t4-,5+/m0/s1. The van der Waals surface area contributed by atoms with Crippen LogP contribution in [0.3, 0.4) is 0 Å². The van der Waals surface area contributed by atoms with Gasteiger partial charge in [-0.25, -0.2) is 0 Å². The Morgan fingerprint density at radius 1 is 1.78 bits per heavy atom. The molecule has 0 spiro atoms. The van der Waals surface area contributed by atoms with Crippen molar-refractivity contribution in [3.05, 3.63) is 0 Å². The predicted octanol–water partition coefficient (Wildman–Crippen LogP) is 0.444. The molecule has 54 valence electrons. The number of nitrogens with two attached hydrogens (primary N) is 1. The molecule has 0 aliphatic carbocycles. The van der Waals surface area contributed by atoms with Crippen LogP contribution < -0.4 is 5.73 Å². The van der Waals surface area contributed by atoms with E-state index in [-0.39, 0.29) is 12.0 Å². The average Bonchev–Trinajstić information content (AvgIpc) is 1.64. The van der Waals surface area contributed by atoms with Gasteiger partial charge in [-0.1, -0.05) is 6.92 Å². The molecule has 0 aliphatic rings. The maximum absolute atomic E-state index is 10.3. The Bertz CT molecular complexity index is 101. The van der Waals surface area contributed by atoms with Crippen LogP contribution in [-0.2, 0) is 4.79 Å². The smallest absolute Gasteiger partial charge is 0.308 e. The fraction of sp³-hybridized carbons (Fsp3) is 0.833. The minimum absolute atomic E-state index is 0.243. The van der Waals surface area contributed by atoms with Crippen molar-refractivity contribution in [2.45, 2.75) is 26.3 Å². The van der Waals surface area contributed by atoms with Crippen LogP contribution in [0.2, 0.25) is 0 Å². The fourth-order valence-electron chi connectivity index (χ4n) is 0.771. The molecule has 0 amide bonds. The molecular formula is C6H13NO2. The van der Waals surface area contributed by atoms with Gasteiger partial charge in [0, 0.05) is 6.04 Å². The zero-order valence-corrected chi connectivity index (χ0v) is 5.79. The number of hydrogen-bond donors (Lipinski definition) is 2. The molecule has 0 rings (SSSR count). The van der Waals surface area contributed by atoms with Gasteiger partial charge in [-0.3, -0.25) is 4.79 Å². The van der Waals surface area contributed by atoms with E-state index < -0.39 is 5.97 Å². The van der Waals surface area contributed by atoms with Gasteiger partial charge in [0.25, 0.3) is 0 Å². The summed E-state index contributed by atoms with van der Waals surface area (Å²) in [5.74, 6) is -1.18. The van der Waals surface area contributed by atoms with E-state index in [2.05, 4.69) is 0 Å². The molecule has 0 heterocycles. The van der Waals surface area contributed by atoms with E-state index in [0.717, 1.165) is 0 Å². The van der Waals surface area contributed by atoms with Crippen LogP contribution in [0.1, 0.15) is 20.3 Å². The van der Waals surface area contributed by atoms with Gasteiger partial charge in [0.15, 0.2) is 0 Å². The van der Waals surface area contributed by atoms with Crippen LogP contribution in [-0.4, -0.2) is 17.1 Å². The lowest BCUT2D eigenvalue weighted by atomic mass is 10.00. The Labute approximate surface area is 54.9 Å². The summed E-state index contributed by atoms with van der Waals surface area (Å²) >= 11 is 0. The molecular weight excluding hydrogens is 118 g/mol. The Hall–Kier alpha value is -0.570. The van der Waals surface area contributed by atoms with Gasteiger partial charge in [-0.05, 0) is 13.3 Å². The molecule has 0 saturated heterocycles. The van der Waals surface area contributed by atoms with Gasteiger partial charge in [0.2, 0.25) is 0 Å². The first-order chi connectivity index (χ1) is 4.09. The van der Waals surface area contributed by atoms with Gasteiger partial charge in [-0.15, -0.1) is 0 Å². The van der Waals surface area contributed by atoms with Crippen molar-refractivity contribution in [3.8, 4) is 0 Å². The Morgan fingerprint density at radius 3 is 2.22 bits per heavy atom. The summed E-state index contributed by atoms with van der Waals surface area (Å²) in [5, 5.41) is 8.46. The molecule has 0 unspecified atom stereocenters. The zero-order chi connectivity index (χ0) is 7.44. The van der Waals surface area contributed by atoms with Crippen LogP contribution in [0.4, 0.5) is 0 Å². The highest BCUT2D eigenvalue weighted by atomic mass is 16.4. The third-order valence-corrected chi connectivity index (χ3v) is 1.39. The topological polar surface area (TPSA) is 63.3 Å². The lowest BCUT2D eigenvalue weighted by Crippen LogP contribution is -2.32. The van der Waals surface area contributed by atoms with Crippen molar-refractivity contribution < 1.29 is 9.90 Å². The van der Waals surface area contributed by atoms with Gasteiger partial charge in [0.05, 0.1) is 5.92 Å². The van der Waals surface area contributed by atoms with Crippen LogP contribution in [0.15, 0.2) is 0 Å². The van der Waals surface area contributed by atoms with Crippen molar-refractivity contribution in [1.29, 1.82) is 0 Å². The SMILES string of the molecule is CC[C@@H](C(=O)O)[C@H](C)N. The fourth-order valence-corrected chi connectivity index (χ4v) is 0.771. The highest BCUT2D eigenvalue weighted by molar-refractivity contribution is 5.70. The molecule has 3 heteroatoms. The minimum Gasteiger partial charge on any atom is -0.481 e. The predicted molar refractivity (Wildman–Crippen MR) is 35.1 cm³/mol. The molecule has 0 aromatic rings. The quantitative estimate of drug-likeness (QED) is 0.584. The lowest BCUT2D eigenvalue weighted by molar-refractivity contribution is -0.142. The van der Waals surface area contributed by atoms with Crippen molar-refractivity contribution >= 4 is 5.97 Å². The molecule has 0 bridgehead atoms. The van der Waals surface area contributed by atoms with Gasteiger partial charge in [-0.2, -0.15) is 0 Å². The summed E-state index contributed by atoms with van der Waals surface area (Å²) in [4.78, 5) is 10.3. The third kappa shape index (κ3) is 2.46. The molecule has 2 atom stereocenters.